The molecule has 16 heavy (non-hydrogen) atoms. The second-order valence-electron chi connectivity index (χ2n) is 4.80. The number of oxazole rings is 1. The average Bonchev–Trinajstić information content (AvgIpc) is 2.95. The largest absolute Gasteiger partial charge is 0.446 e. The highest BCUT2D eigenvalue weighted by Gasteiger charge is 2.15. The maximum absolute atomic E-state index is 5.68. The maximum Gasteiger partial charge on any atom is 0.194 e. The van der Waals surface area contributed by atoms with Crippen LogP contribution in [-0.2, 0) is 12.8 Å². The van der Waals surface area contributed by atoms with Crippen LogP contribution in [0.4, 0.5) is 0 Å². The van der Waals surface area contributed by atoms with Crippen molar-refractivity contribution in [1.29, 1.82) is 0 Å². The van der Waals surface area contributed by atoms with Crippen molar-refractivity contribution in [2.24, 2.45) is 11.7 Å². The van der Waals surface area contributed by atoms with Gasteiger partial charge >= 0.3 is 0 Å². The third kappa shape index (κ3) is 3.34. The Hall–Kier alpha value is -0.830. The highest BCUT2D eigenvalue weighted by atomic mass is 16.4. The molecule has 3 heteroatoms. The van der Waals surface area contributed by atoms with Crippen LogP contribution in [0, 0.1) is 5.92 Å². The molecule has 90 valence electrons. The van der Waals surface area contributed by atoms with Gasteiger partial charge in [0.05, 0.1) is 6.20 Å². The third-order valence-electron chi connectivity index (χ3n) is 3.47. The zero-order valence-corrected chi connectivity index (χ0v) is 9.95. The molecule has 1 saturated carbocycles. The quantitative estimate of drug-likeness (QED) is 0.805. The van der Waals surface area contributed by atoms with Gasteiger partial charge in [-0.2, -0.15) is 0 Å². The van der Waals surface area contributed by atoms with E-state index in [1.54, 1.807) is 0 Å². The lowest BCUT2D eigenvalue weighted by atomic mass is 10.0. The highest BCUT2D eigenvalue weighted by Crippen LogP contribution is 2.28. The van der Waals surface area contributed by atoms with E-state index in [4.69, 9.17) is 10.2 Å². The van der Waals surface area contributed by atoms with Crippen molar-refractivity contribution in [2.75, 3.05) is 6.54 Å². The Morgan fingerprint density at radius 3 is 2.88 bits per heavy atom. The molecule has 0 aliphatic heterocycles. The number of hydrogen-bond acceptors (Lipinski definition) is 3. The second-order valence-corrected chi connectivity index (χ2v) is 4.80. The molecule has 0 atom stereocenters. The van der Waals surface area contributed by atoms with E-state index < -0.39 is 0 Å². The Balaban J connectivity index is 1.73. The molecule has 0 spiro atoms. The molecule has 1 aromatic rings. The molecule has 1 aliphatic rings. The van der Waals surface area contributed by atoms with Crippen LogP contribution in [0.25, 0.3) is 0 Å². The van der Waals surface area contributed by atoms with Crippen molar-refractivity contribution in [3.63, 3.8) is 0 Å². The van der Waals surface area contributed by atoms with Crippen molar-refractivity contribution in [2.45, 2.75) is 51.4 Å². The molecule has 0 aromatic carbocycles. The number of aromatic nitrogens is 1. The smallest absolute Gasteiger partial charge is 0.194 e. The molecule has 2 rings (SSSR count). The van der Waals surface area contributed by atoms with E-state index in [1.807, 2.05) is 6.20 Å². The lowest BCUT2D eigenvalue weighted by Gasteiger charge is -2.05. The lowest BCUT2D eigenvalue weighted by Crippen LogP contribution is -2.00. The molecule has 0 radical (unpaired) electrons. The van der Waals surface area contributed by atoms with Crippen molar-refractivity contribution in [1.82, 2.24) is 4.98 Å². The van der Waals surface area contributed by atoms with Crippen molar-refractivity contribution in [3.8, 4) is 0 Å². The summed E-state index contributed by atoms with van der Waals surface area (Å²) in [5.41, 5.74) is 5.46. The van der Waals surface area contributed by atoms with Gasteiger partial charge in [-0.25, -0.2) is 4.98 Å². The van der Waals surface area contributed by atoms with Gasteiger partial charge in [-0.15, -0.1) is 0 Å². The number of aryl methyl sites for hydroxylation is 2. The zero-order chi connectivity index (χ0) is 11.2. The summed E-state index contributed by atoms with van der Waals surface area (Å²) in [5.74, 6) is 2.84. The van der Waals surface area contributed by atoms with Gasteiger partial charge in [-0.1, -0.05) is 25.7 Å². The first-order valence-corrected chi connectivity index (χ1v) is 6.52. The van der Waals surface area contributed by atoms with Gasteiger partial charge in [0.15, 0.2) is 5.89 Å². The normalized spacial score (nSPS) is 17.1. The van der Waals surface area contributed by atoms with E-state index in [0.29, 0.717) is 6.54 Å². The number of hydrogen-bond donors (Lipinski definition) is 1. The van der Waals surface area contributed by atoms with E-state index in [-0.39, 0.29) is 0 Å². The number of rotatable bonds is 6. The standard InChI is InChI=1S/C13H22N2O/c14-9-3-6-13-15-10-12(16-13)8-7-11-4-1-2-5-11/h10-11H,1-9,14H2. The summed E-state index contributed by atoms with van der Waals surface area (Å²) in [4.78, 5) is 4.28. The fourth-order valence-corrected chi connectivity index (χ4v) is 2.48. The van der Waals surface area contributed by atoms with E-state index in [1.165, 1.54) is 32.1 Å². The molecular formula is C13H22N2O. The SMILES string of the molecule is NCCCc1ncc(CCC2CCCC2)o1. The van der Waals surface area contributed by atoms with Crippen molar-refractivity contribution >= 4 is 0 Å². The Bertz CT molecular complexity index is 303. The van der Waals surface area contributed by atoms with E-state index in [9.17, 15) is 0 Å². The van der Waals surface area contributed by atoms with Crippen LogP contribution >= 0.6 is 0 Å². The molecule has 0 bridgehead atoms. The zero-order valence-electron chi connectivity index (χ0n) is 9.95. The van der Waals surface area contributed by atoms with Gasteiger partial charge in [-0.05, 0) is 25.3 Å². The predicted molar refractivity (Wildman–Crippen MR) is 64.2 cm³/mol. The van der Waals surface area contributed by atoms with Crippen molar-refractivity contribution in [3.05, 3.63) is 17.8 Å². The predicted octanol–water partition coefficient (Wildman–Crippen LogP) is 2.69. The lowest BCUT2D eigenvalue weighted by molar-refractivity contribution is 0.419. The van der Waals surface area contributed by atoms with Gasteiger partial charge in [-0.3, -0.25) is 0 Å². The second kappa shape index (κ2) is 6.04. The van der Waals surface area contributed by atoms with Crippen LogP contribution in [0.5, 0.6) is 0 Å². The minimum absolute atomic E-state index is 0.708. The van der Waals surface area contributed by atoms with E-state index >= 15 is 0 Å². The molecular weight excluding hydrogens is 200 g/mol. The van der Waals surface area contributed by atoms with Crippen LogP contribution in [0.1, 0.15) is 50.2 Å². The molecule has 1 aromatic heterocycles. The average molecular weight is 222 g/mol. The van der Waals surface area contributed by atoms with Gasteiger partial charge in [0.25, 0.3) is 0 Å². The Morgan fingerprint density at radius 2 is 2.12 bits per heavy atom. The third-order valence-corrected chi connectivity index (χ3v) is 3.47. The molecule has 1 heterocycles. The molecule has 0 amide bonds. The number of nitrogens with zero attached hydrogens (tertiary/aromatic N) is 1. The van der Waals surface area contributed by atoms with Crippen LogP contribution < -0.4 is 5.73 Å². The monoisotopic (exact) mass is 222 g/mol. The Morgan fingerprint density at radius 1 is 1.31 bits per heavy atom. The van der Waals surface area contributed by atoms with Crippen LogP contribution in [0.15, 0.2) is 10.6 Å². The van der Waals surface area contributed by atoms with Gasteiger partial charge in [0.1, 0.15) is 5.76 Å². The molecule has 3 nitrogen and oxygen atoms in total. The number of nitrogens with two attached hydrogens (primary N) is 1. The summed E-state index contributed by atoms with van der Waals surface area (Å²) in [7, 11) is 0. The summed E-state index contributed by atoms with van der Waals surface area (Å²) in [6, 6.07) is 0. The first-order chi connectivity index (χ1) is 7.88. The fourth-order valence-electron chi connectivity index (χ4n) is 2.48. The molecule has 0 unspecified atom stereocenters. The molecule has 0 saturated heterocycles. The maximum atomic E-state index is 5.68. The summed E-state index contributed by atoms with van der Waals surface area (Å²) in [6.45, 7) is 0.708. The summed E-state index contributed by atoms with van der Waals surface area (Å²) < 4.78 is 5.68. The summed E-state index contributed by atoms with van der Waals surface area (Å²) in [6.07, 6.45) is 11.7. The summed E-state index contributed by atoms with van der Waals surface area (Å²) in [5, 5.41) is 0. The fraction of sp³-hybridized carbons (Fsp3) is 0.769. The van der Waals surface area contributed by atoms with E-state index in [0.717, 1.165) is 36.8 Å². The Kier molecular flexibility index (Phi) is 4.40. The first kappa shape index (κ1) is 11.6. The van der Waals surface area contributed by atoms with E-state index in [2.05, 4.69) is 4.98 Å². The van der Waals surface area contributed by atoms with Gasteiger partial charge in [0.2, 0.25) is 0 Å². The minimum Gasteiger partial charge on any atom is -0.446 e. The topological polar surface area (TPSA) is 52.0 Å². The van der Waals surface area contributed by atoms with Gasteiger partial charge in [0, 0.05) is 12.8 Å². The van der Waals surface area contributed by atoms with Crippen LogP contribution in [0.3, 0.4) is 0 Å². The van der Waals surface area contributed by atoms with Crippen LogP contribution in [-0.4, -0.2) is 11.5 Å². The molecule has 1 aliphatic carbocycles. The molecule has 2 N–H and O–H groups in total. The molecule has 1 fully saturated rings. The minimum atomic E-state index is 0.708. The van der Waals surface area contributed by atoms with Crippen LogP contribution in [0.2, 0.25) is 0 Å². The summed E-state index contributed by atoms with van der Waals surface area (Å²) >= 11 is 0. The first-order valence-electron chi connectivity index (χ1n) is 6.52. The van der Waals surface area contributed by atoms with Crippen molar-refractivity contribution < 1.29 is 4.42 Å². The highest BCUT2D eigenvalue weighted by molar-refractivity contribution is 4.95. The Labute approximate surface area is 97.4 Å². The van der Waals surface area contributed by atoms with Gasteiger partial charge < -0.3 is 10.2 Å².